The van der Waals surface area contributed by atoms with Gasteiger partial charge in [-0.2, -0.15) is 0 Å². The van der Waals surface area contributed by atoms with E-state index >= 15 is 0 Å². The second kappa shape index (κ2) is 7.06. The van der Waals surface area contributed by atoms with Crippen LogP contribution in [0.1, 0.15) is 18.6 Å². The van der Waals surface area contributed by atoms with Gasteiger partial charge in [0, 0.05) is 23.3 Å². The highest BCUT2D eigenvalue weighted by Crippen LogP contribution is 2.19. The first-order chi connectivity index (χ1) is 10.5. The van der Waals surface area contributed by atoms with Crippen molar-refractivity contribution in [2.45, 2.75) is 13.0 Å². The summed E-state index contributed by atoms with van der Waals surface area (Å²) in [7, 11) is 0. The molecule has 3 N–H and O–H groups in total. The number of aliphatic hydroxyl groups is 1. The molecule has 1 atom stereocenters. The molecule has 2 amide bonds. The van der Waals surface area contributed by atoms with Crippen LogP contribution in [-0.4, -0.2) is 16.9 Å². The second-order valence-corrected chi connectivity index (χ2v) is 5.14. The summed E-state index contributed by atoms with van der Waals surface area (Å²) in [6.45, 7) is 1.41. The van der Waals surface area contributed by atoms with Crippen LogP contribution in [-0.2, 0) is 9.59 Å². The molecule has 0 radical (unpaired) electrons. The SMILES string of the molecule is CC(=O)Nc1ccc(NC(=O)C(O)c2ccc(Cl)cc2)cc1. The van der Waals surface area contributed by atoms with Crippen LogP contribution in [0.2, 0.25) is 5.02 Å². The second-order valence-electron chi connectivity index (χ2n) is 4.70. The van der Waals surface area contributed by atoms with Gasteiger partial charge in [-0.05, 0) is 42.0 Å². The smallest absolute Gasteiger partial charge is 0.257 e. The number of hydrogen-bond donors (Lipinski definition) is 3. The molecule has 2 aromatic carbocycles. The maximum absolute atomic E-state index is 12.0. The molecule has 0 aromatic heterocycles. The Labute approximate surface area is 132 Å². The zero-order chi connectivity index (χ0) is 16.1. The van der Waals surface area contributed by atoms with Gasteiger partial charge in [-0.25, -0.2) is 0 Å². The monoisotopic (exact) mass is 318 g/mol. The molecule has 0 saturated heterocycles. The molecular formula is C16H15ClN2O3. The Balaban J connectivity index is 2.01. The van der Waals surface area contributed by atoms with E-state index in [0.29, 0.717) is 22.0 Å². The summed E-state index contributed by atoms with van der Waals surface area (Å²) in [5.41, 5.74) is 1.60. The van der Waals surface area contributed by atoms with Crippen LogP contribution >= 0.6 is 11.6 Å². The van der Waals surface area contributed by atoms with Gasteiger partial charge in [-0.15, -0.1) is 0 Å². The molecule has 0 aliphatic carbocycles. The van der Waals surface area contributed by atoms with E-state index in [-0.39, 0.29) is 5.91 Å². The first-order valence-corrected chi connectivity index (χ1v) is 6.95. The van der Waals surface area contributed by atoms with Gasteiger partial charge < -0.3 is 15.7 Å². The van der Waals surface area contributed by atoms with Crippen LogP contribution in [0.4, 0.5) is 11.4 Å². The molecule has 22 heavy (non-hydrogen) atoms. The van der Waals surface area contributed by atoms with Gasteiger partial charge in [-0.3, -0.25) is 9.59 Å². The summed E-state index contributed by atoms with van der Waals surface area (Å²) in [5, 5.41) is 15.8. The number of carbonyl (C=O) groups excluding carboxylic acids is 2. The van der Waals surface area contributed by atoms with Crippen molar-refractivity contribution in [3.63, 3.8) is 0 Å². The van der Waals surface area contributed by atoms with Crippen molar-refractivity contribution in [3.05, 3.63) is 59.1 Å². The number of halogens is 1. The van der Waals surface area contributed by atoms with Gasteiger partial charge in [-0.1, -0.05) is 23.7 Å². The molecule has 5 nitrogen and oxygen atoms in total. The number of nitrogens with one attached hydrogen (secondary N) is 2. The Morgan fingerprint density at radius 2 is 1.45 bits per heavy atom. The highest BCUT2D eigenvalue weighted by molar-refractivity contribution is 6.30. The van der Waals surface area contributed by atoms with Crippen molar-refractivity contribution in [2.24, 2.45) is 0 Å². The van der Waals surface area contributed by atoms with Crippen molar-refractivity contribution in [2.75, 3.05) is 10.6 Å². The molecule has 0 heterocycles. The molecule has 2 rings (SSSR count). The lowest BCUT2D eigenvalue weighted by Crippen LogP contribution is -2.20. The first kappa shape index (κ1) is 16.0. The average molecular weight is 319 g/mol. The fourth-order valence-electron chi connectivity index (χ4n) is 1.85. The standard InChI is InChI=1S/C16H15ClN2O3/c1-10(20)18-13-6-8-14(9-7-13)19-16(22)15(21)11-2-4-12(17)5-3-11/h2-9,15,21H,1H3,(H,18,20)(H,19,22). The van der Waals surface area contributed by atoms with Crippen LogP contribution in [0.25, 0.3) is 0 Å². The van der Waals surface area contributed by atoms with Crippen molar-refractivity contribution in [1.82, 2.24) is 0 Å². The fourth-order valence-corrected chi connectivity index (χ4v) is 1.97. The van der Waals surface area contributed by atoms with Crippen molar-refractivity contribution in [1.29, 1.82) is 0 Å². The highest BCUT2D eigenvalue weighted by atomic mass is 35.5. The number of amides is 2. The number of hydrogen-bond acceptors (Lipinski definition) is 3. The number of aliphatic hydroxyl groups excluding tert-OH is 1. The Kier molecular flexibility index (Phi) is 5.14. The Hall–Kier alpha value is -2.37. The van der Waals surface area contributed by atoms with Gasteiger partial charge in [0.2, 0.25) is 5.91 Å². The molecule has 0 aliphatic rings. The quantitative estimate of drug-likeness (QED) is 0.811. The van der Waals surface area contributed by atoms with Gasteiger partial charge >= 0.3 is 0 Å². The maximum atomic E-state index is 12.0. The third kappa shape index (κ3) is 4.31. The predicted molar refractivity (Wildman–Crippen MR) is 85.8 cm³/mol. The van der Waals surface area contributed by atoms with E-state index in [0.717, 1.165) is 0 Å². The molecule has 0 fully saturated rings. The summed E-state index contributed by atoms with van der Waals surface area (Å²) < 4.78 is 0. The summed E-state index contributed by atoms with van der Waals surface area (Å²) in [4.78, 5) is 22.9. The lowest BCUT2D eigenvalue weighted by molar-refractivity contribution is -0.124. The molecule has 0 spiro atoms. The minimum Gasteiger partial charge on any atom is -0.378 e. The van der Waals surface area contributed by atoms with Gasteiger partial charge in [0.1, 0.15) is 0 Å². The normalized spacial score (nSPS) is 11.6. The van der Waals surface area contributed by atoms with Crippen molar-refractivity contribution in [3.8, 4) is 0 Å². The fraction of sp³-hybridized carbons (Fsp3) is 0.125. The van der Waals surface area contributed by atoms with Crippen LogP contribution in [0.15, 0.2) is 48.5 Å². The zero-order valence-corrected chi connectivity index (χ0v) is 12.6. The Morgan fingerprint density at radius 3 is 1.95 bits per heavy atom. The molecular weight excluding hydrogens is 304 g/mol. The number of anilines is 2. The van der Waals surface area contributed by atoms with Crippen LogP contribution in [0.5, 0.6) is 0 Å². The maximum Gasteiger partial charge on any atom is 0.257 e. The topological polar surface area (TPSA) is 78.4 Å². The van der Waals surface area contributed by atoms with E-state index in [1.165, 1.54) is 6.92 Å². The zero-order valence-electron chi connectivity index (χ0n) is 11.8. The van der Waals surface area contributed by atoms with Crippen LogP contribution in [0.3, 0.4) is 0 Å². The van der Waals surface area contributed by atoms with Gasteiger partial charge in [0.15, 0.2) is 6.10 Å². The van der Waals surface area contributed by atoms with E-state index < -0.39 is 12.0 Å². The third-order valence-electron chi connectivity index (χ3n) is 2.91. The third-order valence-corrected chi connectivity index (χ3v) is 3.16. The average Bonchev–Trinajstić information content (AvgIpc) is 2.49. The largest absolute Gasteiger partial charge is 0.378 e. The predicted octanol–water partition coefficient (Wildman–Crippen LogP) is 2.97. The minimum absolute atomic E-state index is 0.171. The van der Waals surface area contributed by atoms with Gasteiger partial charge in [0.25, 0.3) is 5.91 Å². The lowest BCUT2D eigenvalue weighted by Gasteiger charge is -2.12. The summed E-state index contributed by atoms with van der Waals surface area (Å²) in [5.74, 6) is -0.718. The van der Waals surface area contributed by atoms with E-state index in [1.807, 2.05) is 0 Å². The van der Waals surface area contributed by atoms with E-state index in [4.69, 9.17) is 11.6 Å². The van der Waals surface area contributed by atoms with E-state index in [9.17, 15) is 14.7 Å². The lowest BCUT2D eigenvalue weighted by atomic mass is 10.1. The summed E-state index contributed by atoms with van der Waals surface area (Å²) >= 11 is 5.76. The molecule has 114 valence electrons. The molecule has 2 aromatic rings. The molecule has 0 aliphatic heterocycles. The first-order valence-electron chi connectivity index (χ1n) is 6.58. The van der Waals surface area contributed by atoms with E-state index in [1.54, 1.807) is 48.5 Å². The van der Waals surface area contributed by atoms with Crippen LogP contribution in [0, 0.1) is 0 Å². The molecule has 0 bridgehead atoms. The van der Waals surface area contributed by atoms with Crippen molar-refractivity contribution >= 4 is 34.8 Å². The number of carbonyl (C=O) groups is 2. The number of benzene rings is 2. The van der Waals surface area contributed by atoms with Crippen molar-refractivity contribution < 1.29 is 14.7 Å². The summed E-state index contributed by atoms with van der Waals surface area (Å²) in [6.07, 6.45) is -1.28. The summed E-state index contributed by atoms with van der Waals surface area (Å²) in [6, 6.07) is 13.0. The Morgan fingerprint density at radius 1 is 0.955 bits per heavy atom. The molecule has 0 saturated carbocycles. The minimum atomic E-state index is -1.28. The highest BCUT2D eigenvalue weighted by Gasteiger charge is 2.17. The van der Waals surface area contributed by atoms with E-state index in [2.05, 4.69) is 10.6 Å². The molecule has 6 heteroatoms. The Bertz CT molecular complexity index is 669. The van der Waals surface area contributed by atoms with Gasteiger partial charge in [0.05, 0.1) is 0 Å². The number of rotatable bonds is 4. The molecule has 1 unspecified atom stereocenters. The van der Waals surface area contributed by atoms with Crippen LogP contribution < -0.4 is 10.6 Å².